The second kappa shape index (κ2) is 6.30. The van der Waals surface area contributed by atoms with Crippen LogP contribution in [0.2, 0.25) is 0 Å². The molecule has 0 radical (unpaired) electrons. The molecule has 0 aromatic carbocycles. The van der Waals surface area contributed by atoms with E-state index in [9.17, 15) is 8.78 Å². The number of rotatable bonds is 6. The summed E-state index contributed by atoms with van der Waals surface area (Å²) >= 11 is 0. The van der Waals surface area contributed by atoms with Crippen LogP contribution in [0.3, 0.4) is 0 Å². The molecule has 14 heavy (non-hydrogen) atoms. The first-order valence-electron chi connectivity index (χ1n) is 5.32. The fourth-order valence-corrected chi connectivity index (χ4v) is 2.16. The molecule has 1 aliphatic rings. The Labute approximate surface area is 84.0 Å². The van der Waals surface area contributed by atoms with Crippen LogP contribution in [-0.4, -0.2) is 26.3 Å². The van der Waals surface area contributed by atoms with E-state index in [1.54, 1.807) is 0 Å². The highest BCUT2D eigenvalue weighted by Gasteiger charge is 2.27. The van der Waals surface area contributed by atoms with Crippen molar-refractivity contribution in [3.63, 3.8) is 0 Å². The van der Waals surface area contributed by atoms with Gasteiger partial charge in [0.1, 0.15) is 0 Å². The van der Waals surface area contributed by atoms with Crippen molar-refractivity contribution >= 4 is 0 Å². The van der Waals surface area contributed by atoms with Gasteiger partial charge in [-0.3, -0.25) is 0 Å². The van der Waals surface area contributed by atoms with Gasteiger partial charge < -0.3 is 10.1 Å². The Hall–Kier alpha value is -0.220. The molecule has 2 nitrogen and oxygen atoms in total. The first-order chi connectivity index (χ1) is 6.74. The molecular weight excluding hydrogens is 188 g/mol. The Bertz CT molecular complexity index is 149. The van der Waals surface area contributed by atoms with Crippen molar-refractivity contribution in [2.75, 3.05) is 13.6 Å². The molecule has 0 aliphatic heterocycles. The first-order valence-corrected chi connectivity index (χ1v) is 5.32. The number of ether oxygens (including phenoxy) is 1. The normalized spacial score (nSPS) is 20.6. The molecule has 0 amide bonds. The van der Waals surface area contributed by atoms with Gasteiger partial charge in [0.25, 0.3) is 0 Å². The minimum absolute atomic E-state index is 0.259. The summed E-state index contributed by atoms with van der Waals surface area (Å²) in [7, 11) is 1.83. The Kier molecular flexibility index (Phi) is 5.33. The highest BCUT2D eigenvalue weighted by Crippen LogP contribution is 2.31. The fraction of sp³-hybridized carbons (Fsp3) is 1.00. The molecule has 1 unspecified atom stereocenters. The first kappa shape index (κ1) is 11.9. The van der Waals surface area contributed by atoms with Crippen LogP contribution >= 0.6 is 0 Å². The van der Waals surface area contributed by atoms with Gasteiger partial charge in [-0.25, -0.2) is 0 Å². The predicted octanol–water partition coefficient (Wildman–Crippen LogP) is 2.39. The molecule has 1 fully saturated rings. The van der Waals surface area contributed by atoms with Crippen LogP contribution < -0.4 is 5.32 Å². The second-order valence-corrected chi connectivity index (χ2v) is 3.87. The summed E-state index contributed by atoms with van der Waals surface area (Å²) in [4.78, 5) is 0. The zero-order chi connectivity index (χ0) is 10.4. The minimum atomic E-state index is -2.63. The second-order valence-electron chi connectivity index (χ2n) is 3.87. The van der Waals surface area contributed by atoms with E-state index >= 15 is 0 Å². The number of halogens is 2. The SMILES string of the molecule is CNCCC(OC(F)F)C1CCCC1. The van der Waals surface area contributed by atoms with Crippen molar-refractivity contribution in [2.24, 2.45) is 5.92 Å². The van der Waals surface area contributed by atoms with E-state index in [4.69, 9.17) is 0 Å². The summed E-state index contributed by atoms with van der Waals surface area (Å²) in [5.41, 5.74) is 0. The van der Waals surface area contributed by atoms with Crippen LogP contribution in [0, 0.1) is 5.92 Å². The zero-order valence-electron chi connectivity index (χ0n) is 8.64. The molecule has 1 rings (SSSR count). The van der Waals surface area contributed by atoms with Gasteiger partial charge in [0.2, 0.25) is 0 Å². The van der Waals surface area contributed by atoms with Gasteiger partial charge in [-0.2, -0.15) is 8.78 Å². The third kappa shape index (κ3) is 3.88. The fourth-order valence-electron chi connectivity index (χ4n) is 2.16. The average Bonchev–Trinajstić information content (AvgIpc) is 2.64. The molecule has 0 aromatic rings. The topological polar surface area (TPSA) is 21.3 Å². The Morgan fingerprint density at radius 1 is 1.36 bits per heavy atom. The van der Waals surface area contributed by atoms with Gasteiger partial charge in [-0.05, 0) is 38.8 Å². The molecule has 0 heterocycles. The van der Waals surface area contributed by atoms with Crippen molar-refractivity contribution in [3.05, 3.63) is 0 Å². The van der Waals surface area contributed by atoms with E-state index in [2.05, 4.69) is 10.1 Å². The van der Waals surface area contributed by atoms with Gasteiger partial charge in [-0.1, -0.05) is 12.8 Å². The smallest absolute Gasteiger partial charge is 0.320 e. The maximum absolute atomic E-state index is 12.1. The van der Waals surface area contributed by atoms with Crippen molar-refractivity contribution in [1.82, 2.24) is 5.32 Å². The molecule has 1 aliphatic carbocycles. The summed E-state index contributed by atoms with van der Waals surface area (Å²) in [5.74, 6) is 0.345. The summed E-state index contributed by atoms with van der Waals surface area (Å²) in [6, 6.07) is 0. The molecular formula is C10H19F2NO. The van der Waals surface area contributed by atoms with Gasteiger partial charge in [0.15, 0.2) is 0 Å². The lowest BCUT2D eigenvalue weighted by atomic mass is 9.98. The minimum Gasteiger partial charge on any atom is -0.320 e. The van der Waals surface area contributed by atoms with E-state index < -0.39 is 6.61 Å². The van der Waals surface area contributed by atoms with Crippen LogP contribution in [0.1, 0.15) is 32.1 Å². The van der Waals surface area contributed by atoms with Crippen molar-refractivity contribution in [3.8, 4) is 0 Å². The highest BCUT2D eigenvalue weighted by molar-refractivity contribution is 4.76. The highest BCUT2D eigenvalue weighted by atomic mass is 19.3. The largest absolute Gasteiger partial charge is 0.345 e. The Balaban J connectivity index is 2.34. The van der Waals surface area contributed by atoms with E-state index in [1.165, 1.54) is 0 Å². The van der Waals surface area contributed by atoms with E-state index in [0.29, 0.717) is 12.3 Å². The molecule has 1 saturated carbocycles. The Morgan fingerprint density at radius 2 is 2.00 bits per heavy atom. The maximum atomic E-state index is 12.1. The number of alkyl halides is 2. The van der Waals surface area contributed by atoms with Crippen LogP contribution in [0.5, 0.6) is 0 Å². The van der Waals surface area contributed by atoms with Gasteiger partial charge >= 0.3 is 6.61 Å². The molecule has 0 spiro atoms. The average molecular weight is 207 g/mol. The zero-order valence-corrected chi connectivity index (χ0v) is 8.64. The molecule has 84 valence electrons. The molecule has 1 atom stereocenters. The number of hydrogen-bond acceptors (Lipinski definition) is 2. The van der Waals surface area contributed by atoms with Gasteiger partial charge in [-0.15, -0.1) is 0 Å². The summed E-state index contributed by atoms with van der Waals surface area (Å²) in [6.07, 6.45) is 4.83. The lowest BCUT2D eigenvalue weighted by Crippen LogP contribution is -2.28. The van der Waals surface area contributed by atoms with Crippen LogP contribution in [0.25, 0.3) is 0 Å². The summed E-state index contributed by atoms with van der Waals surface area (Å²) in [6.45, 7) is -1.88. The van der Waals surface area contributed by atoms with Crippen LogP contribution in [-0.2, 0) is 4.74 Å². The molecule has 0 aromatic heterocycles. The quantitative estimate of drug-likeness (QED) is 0.722. The van der Waals surface area contributed by atoms with E-state index in [-0.39, 0.29) is 6.10 Å². The molecule has 4 heteroatoms. The van der Waals surface area contributed by atoms with Crippen LogP contribution in [0.15, 0.2) is 0 Å². The molecule has 1 N–H and O–H groups in total. The third-order valence-electron chi connectivity index (χ3n) is 2.88. The van der Waals surface area contributed by atoms with Gasteiger partial charge in [0.05, 0.1) is 6.10 Å². The van der Waals surface area contributed by atoms with Crippen molar-refractivity contribution in [2.45, 2.75) is 44.8 Å². The van der Waals surface area contributed by atoms with Gasteiger partial charge in [0, 0.05) is 0 Å². The third-order valence-corrected chi connectivity index (χ3v) is 2.88. The maximum Gasteiger partial charge on any atom is 0.345 e. The van der Waals surface area contributed by atoms with E-state index in [0.717, 1.165) is 32.2 Å². The summed E-state index contributed by atoms with van der Waals surface area (Å²) < 4.78 is 28.9. The van der Waals surface area contributed by atoms with Crippen molar-refractivity contribution in [1.29, 1.82) is 0 Å². The standard InChI is InChI=1S/C10H19F2NO/c1-13-7-6-9(14-10(11)12)8-4-2-3-5-8/h8-10,13H,2-7H2,1H3. The monoisotopic (exact) mass is 207 g/mol. The lowest BCUT2D eigenvalue weighted by Gasteiger charge is -2.23. The number of nitrogens with one attached hydrogen (secondary N) is 1. The number of hydrogen-bond donors (Lipinski definition) is 1. The Morgan fingerprint density at radius 3 is 2.50 bits per heavy atom. The van der Waals surface area contributed by atoms with E-state index in [1.807, 2.05) is 7.05 Å². The van der Waals surface area contributed by atoms with Crippen LogP contribution in [0.4, 0.5) is 8.78 Å². The molecule has 0 saturated heterocycles. The van der Waals surface area contributed by atoms with Crippen molar-refractivity contribution < 1.29 is 13.5 Å². The predicted molar refractivity (Wildman–Crippen MR) is 51.4 cm³/mol. The molecule has 0 bridgehead atoms. The lowest BCUT2D eigenvalue weighted by molar-refractivity contribution is -0.177. The summed E-state index contributed by atoms with van der Waals surface area (Å²) in [5, 5.41) is 2.97.